The number of rotatable bonds is 5. The van der Waals surface area contributed by atoms with E-state index in [1.54, 1.807) is 30.1 Å². The Morgan fingerprint density at radius 2 is 1.90 bits per heavy atom. The SMILES string of the molecule is CN(CCc1ccccc1C(=O)O)C(=O)C1(N)CCCC1. The highest BCUT2D eigenvalue weighted by Gasteiger charge is 2.38. The Morgan fingerprint density at radius 1 is 1.29 bits per heavy atom. The van der Waals surface area contributed by atoms with E-state index in [0.29, 0.717) is 18.5 Å². The van der Waals surface area contributed by atoms with Crippen molar-refractivity contribution in [3.05, 3.63) is 35.4 Å². The van der Waals surface area contributed by atoms with Crippen LogP contribution in [-0.4, -0.2) is 41.0 Å². The molecule has 2 rings (SSSR count). The number of aromatic carboxylic acids is 1. The van der Waals surface area contributed by atoms with E-state index in [-0.39, 0.29) is 5.91 Å². The summed E-state index contributed by atoms with van der Waals surface area (Å²) in [6, 6.07) is 6.89. The minimum absolute atomic E-state index is 0.0344. The molecule has 0 spiro atoms. The van der Waals surface area contributed by atoms with Gasteiger partial charge in [-0.3, -0.25) is 4.79 Å². The molecule has 0 saturated heterocycles. The fourth-order valence-electron chi connectivity index (χ4n) is 2.94. The highest BCUT2D eigenvalue weighted by Crippen LogP contribution is 2.28. The predicted octanol–water partition coefficient (Wildman–Crippen LogP) is 1.66. The van der Waals surface area contributed by atoms with Crippen molar-refractivity contribution in [2.75, 3.05) is 13.6 Å². The first-order chi connectivity index (χ1) is 9.94. The summed E-state index contributed by atoms with van der Waals surface area (Å²) in [6.07, 6.45) is 3.99. The van der Waals surface area contributed by atoms with Gasteiger partial charge in [0.1, 0.15) is 0 Å². The van der Waals surface area contributed by atoms with Crippen molar-refractivity contribution >= 4 is 11.9 Å². The van der Waals surface area contributed by atoms with Gasteiger partial charge in [-0.2, -0.15) is 0 Å². The van der Waals surface area contributed by atoms with E-state index in [0.717, 1.165) is 31.2 Å². The van der Waals surface area contributed by atoms with Gasteiger partial charge in [-0.25, -0.2) is 4.79 Å². The van der Waals surface area contributed by atoms with Gasteiger partial charge >= 0.3 is 5.97 Å². The lowest BCUT2D eigenvalue weighted by atomic mass is 9.97. The molecular formula is C16H22N2O3. The topological polar surface area (TPSA) is 83.6 Å². The monoisotopic (exact) mass is 290 g/mol. The summed E-state index contributed by atoms with van der Waals surface area (Å²) < 4.78 is 0. The Balaban J connectivity index is 2.00. The summed E-state index contributed by atoms with van der Waals surface area (Å²) in [6.45, 7) is 0.474. The Kier molecular flexibility index (Phi) is 4.63. The molecule has 0 bridgehead atoms. The quantitative estimate of drug-likeness (QED) is 0.863. The van der Waals surface area contributed by atoms with E-state index in [2.05, 4.69) is 0 Å². The maximum Gasteiger partial charge on any atom is 0.335 e. The summed E-state index contributed by atoms with van der Waals surface area (Å²) in [4.78, 5) is 25.2. The molecule has 1 amide bonds. The van der Waals surface area contributed by atoms with Crippen molar-refractivity contribution < 1.29 is 14.7 Å². The van der Waals surface area contributed by atoms with Gasteiger partial charge < -0.3 is 15.7 Å². The van der Waals surface area contributed by atoms with Crippen LogP contribution in [-0.2, 0) is 11.2 Å². The third-order valence-electron chi connectivity index (χ3n) is 4.23. The normalized spacial score (nSPS) is 16.7. The number of nitrogens with two attached hydrogens (primary N) is 1. The molecule has 1 aromatic rings. The van der Waals surface area contributed by atoms with Gasteiger partial charge in [-0.05, 0) is 30.9 Å². The minimum Gasteiger partial charge on any atom is -0.478 e. The molecule has 0 heterocycles. The summed E-state index contributed by atoms with van der Waals surface area (Å²) in [5.74, 6) is -0.974. The largest absolute Gasteiger partial charge is 0.478 e. The number of nitrogens with zero attached hydrogens (tertiary/aromatic N) is 1. The number of likely N-dealkylation sites (N-methyl/N-ethyl adjacent to an activating group) is 1. The third-order valence-corrected chi connectivity index (χ3v) is 4.23. The number of hydrogen-bond donors (Lipinski definition) is 2. The third kappa shape index (κ3) is 3.42. The van der Waals surface area contributed by atoms with Crippen molar-refractivity contribution in [3.63, 3.8) is 0 Å². The van der Waals surface area contributed by atoms with Crippen LogP contribution in [0.2, 0.25) is 0 Å². The van der Waals surface area contributed by atoms with E-state index in [9.17, 15) is 9.59 Å². The first-order valence-electron chi connectivity index (χ1n) is 7.30. The smallest absolute Gasteiger partial charge is 0.335 e. The molecule has 1 aliphatic rings. The van der Waals surface area contributed by atoms with Crippen molar-refractivity contribution in [2.24, 2.45) is 5.73 Å². The van der Waals surface area contributed by atoms with Crippen molar-refractivity contribution in [2.45, 2.75) is 37.6 Å². The number of amides is 1. The average molecular weight is 290 g/mol. The molecule has 3 N–H and O–H groups in total. The highest BCUT2D eigenvalue weighted by atomic mass is 16.4. The fourth-order valence-corrected chi connectivity index (χ4v) is 2.94. The summed E-state index contributed by atoms with van der Waals surface area (Å²) in [5.41, 5.74) is 6.48. The van der Waals surface area contributed by atoms with Gasteiger partial charge in [0.05, 0.1) is 11.1 Å². The van der Waals surface area contributed by atoms with Crippen LogP contribution >= 0.6 is 0 Å². The second-order valence-corrected chi connectivity index (χ2v) is 5.80. The van der Waals surface area contributed by atoms with E-state index in [4.69, 9.17) is 10.8 Å². The van der Waals surface area contributed by atoms with Crippen LogP contribution in [0.15, 0.2) is 24.3 Å². The second-order valence-electron chi connectivity index (χ2n) is 5.80. The lowest BCUT2D eigenvalue weighted by molar-refractivity contribution is -0.135. The number of carbonyl (C=O) groups is 2. The summed E-state index contributed by atoms with van der Waals surface area (Å²) >= 11 is 0. The van der Waals surface area contributed by atoms with E-state index in [1.165, 1.54) is 0 Å². The highest BCUT2D eigenvalue weighted by molar-refractivity contribution is 5.89. The molecule has 0 radical (unpaired) electrons. The molecule has 1 fully saturated rings. The Bertz CT molecular complexity index is 536. The predicted molar refractivity (Wildman–Crippen MR) is 80.1 cm³/mol. The second kappa shape index (κ2) is 6.26. The van der Waals surface area contributed by atoms with Gasteiger partial charge in [-0.15, -0.1) is 0 Å². The van der Waals surface area contributed by atoms with E-state index < -0.39 is 11.5 Å². The van der Waals surface area contributed by atoms with Crippen LogP contribution in [0.4, 0.5) is 0 Å². The number of carbonyl (C=O) groups excluding carboxylic acids is 1. The first kappa shape index (κ1) is 15.5. The number of carboxylic acids is 1. The lowest BCUT2D eigenvalue weighted by Crippen LogP contribution is -2.52. The molecule has 0 atom stereocenters. The van der Waals surface area contributed by atoms with Crippen LogP contribution in [0.5, 0.6) is 0 Å². The van der Waals surface area contributed by atoms with E-state index >= 15 is 0 Å². The van der Waals surface area contributed by atoms with Crippen LogP contribution in [0.1, 0.15) is 41.6 Å². The molecule has 0 unspecified atom stereocenters. The zero-order valence-electron chi connectivity index (χ0n) is 12.3. The fraction of sp³-hybridized carbons (Fsp3) is 0.500. The van der Waals surface area contributed by atoms with Gasteiger partial charge in [0.15, 0.2) is 0 Å². The molecule has 114 valence electrons. The first-order valence-corrected chi connectivity index (χ1v) is 7.30. The molecule has 1 aliphatic carbocycles. The zero-order valence-corrected chi connectivity index (χ0v) is 12.3. The molecule has 1 aromatic carbocycles. The average Bonchev–Trinajstić information content (AvgIpc) is 2.92. The Hall–Kier alpha value is -1.88. The molecular weight excluding hydrogens is 268 g/mol. The van der Waals surface area contributed by atoms with Crippen molar-refractivity contribution in [3.8, 4) is 0 Å². The van der Waals surface area contributed by atoms with Crippen molar-refractivity contribution in [1.82, 2.24) is 4.90 Å². The molecule has 5 heteroatoms. The lowest BCUT2D eigenvalue weighted by Gasteiger charge is -2.28. The van der Waals surface area contributed by atoms with Gasteiger partial charge in [0, 0.05) is 13.6 Å². The van der Waals surface area contributed by atoms with E-state index in [1.807, 2.05) is 6.07 Å². The Labute approximate surface area is 124 Å². The number of hydrogen-bond acceptors (Lipinski definition) is 3. The maximum atomic E-state index is 12.4. The molecule has 5 nitrogen and oxygen atoms in total. The number of carboxylic acid groups (broad SMARTS) is 1. The van der Waals surface area contributed by atoms with Crippen LogP contribution in [0, 0.1) is 0 Å². The molecule has 0 aliphatic heterocycles. The molecule has 1 saturated carbocycles. The minimum atomic E-state index is -0.939. The van der Waals surface area contributed by atoms with Gasteiger partial charge in [-0.1, -0.05) is 31.0 Å². The van der Waals surface area contributed by atoms with Gasteiger partial charge in [0.25, 0.3) is 0 Å². The van der Waals surface area contributed by atoms with Crippen LogP contribution in [0.3, 0.4) is 0 Å². The number of benzene rings is 1. The van der Waals surface area contributed by atoms with Crippen molar-refractivity contribution in [1.29, 1.82) is 0 Å². The van der Waals surface area contributed by atoms with Crippen LogP contribution in [0.25, 0.3) is 0 Å². The van der Waals surface area contributed by atoms with Gasteiger partial charge in [0.2, 0.25) is 5.91 Å². The molecule has 21 heavy (non-hydrogen) atoms. The summed E-state index contributed by atoms with van der Waals surface area (Å²) in [5, 5.41) is 9.15. The standard InChI is InChI=1S/C16H22N2O3/c1-18(15(21)16(17)9-4-5-10-16)11-8-12-6-2-3-7-13(12)14(19)20/h2-3,6-7H,4-5,8-11,17H2,1H3,(H,19,20). The maximum absolute atomic E-state index is 12.4. The molecule has 0 aromatic heterocycles. The summed E-state index contributed by atoms with van der Waals surface area (Å²) in [7, 11) is 1.73. The van der Waals surface area contributed by atoms with Crippen LogP contribution < -0.4 is 5.73 Å². The zero-order chi connectivity index (χ0) is 15.5. The Morgan fingerprint density at radius 3 is 2.52 bits per heavy atom.